The molecule has 0 radical (unpaired) electrons. The van der Waals surface area contributed by atoms with Gasteiger partial charge >= 0.3 is 0 Å². The van der Waals surface area contributed by atoms with E-state index >= 15 is 0 Å². The first-order valence-corrected chi connectivity index (χ1v) is 9.01. The van der Waals surface area contributed by atoms with E-state index in [9.17, 15) is 4.79 Å². The number of hydrogen-bond donors (Lipinski definition) is 1. The second-order valence-corrected chi connectivity index (χ2v) is 7.71. The predicted molar refractivity (Wildman–Crippen MR) is 88.2 cm³/mol. The van der Waals surface area contributed by atoms with Crippen LogP contribution in [0.15, 0.2) is 0 Å². The van der Waals surface area contributed by atoms with Gasteiger partial charge in [-0.05, 0) is 64.0 Å². The largest absolute Gasteiger partial charge is 0.342 e. The number of nitrogens with one attached hydrogen (secondary N) is 1. The fourth-order valence-corrected chi connectivity index (χ4v) is 4.45. The monoisotopic (exact) mass is 294 g/mol. The lowest BCUT2D eigenvalue weighted by Gasteiger charge is -2.39. The van der Waals surface area contributed by atoms with Crippen LogP contribution in [0.5, 0.6) is 0 Å². The predicted octanol–water partition coefficient (Wildman–Crippen LogP) is 3.44. The average Bonchev–Trinajstić information content (AvgIpc) is 2.93. The SMILES string of the molecule is CNCCC1CCN(C(=O)C2(CC(C)C)CCCC2)CC1. The second kappa shape index (κ2) is 7.62. The average molecular weight is 294 g/mol. The Morgan fingerprint density at radius 2 is 1.86 bits per heavy atom. The van der Waals surface area contributed by atoms with Crippen molar-refractivity contribution in [2.45, 2.75) is 65.2 Å². The molecule has 21 heavy (non-hydrogen) atoms. The standard InChI is InChI=1S/C18H34N2O/c1-15(2)14-18(9-4-5-10-18)17(21)20-12-7-16(8-13-20)6-11-19-3/h15-16,19H,4-14H2,1-3H3. The van der Waals surface area contributed by atoms with Crippen molar-refractivity contribution in [3.63, 3.8) is 0 Å². The number of hydrogen-bond acceptors (Lipinski definition) is 2. The van der Waals surface area contributed by atoms with E-state index < -0.39 is 0 Å². The van der Waals surface area contributed by atoms with Crippen LogP contribution in [0, 0.1) is 17.3 Å². The number of piperidine rings is 1. The van der Waals surface area contributed by atoms with Gasteiger partial charge in [-0.3, -0.25) is 4.79 Å². The lowest BCUT2D eigenvalue weighted by molar-refractivity contribution is -0.144. The van der Waals surface area contributed by atoms with E-state index in [-0.39, 0.29) is 5.41 Å². The third kappa shape index (κ3) is 4.21. The minimum atomic E-state index is -0.00796. The highest BCUT2D eigenvalue weighted by Crippen LogP contribution is 2.45. The maximum absolute atomic E-state index is 13.1. The van der Waals surface area contributed by atoms with Crippen molar-refractivity contribution in [2.75, 3.05) is 26.7 Å². The molecule has 1 heterocycles. The van der Waals surface area contributed by atoms with Gasteiger partial charge in [0.25, 0.3) is 0 Å². The van der Waals surface area contributed by atoms with Gasteiger partial charge in [0.1, 0.15) is 0 Å². The zero-order chi connectivity index (χ0) is 15.3. The Balaban J connectivity index is 1.90. The summed E-state index contributed by atoms with van der Waals surface area (Å²) in [5.41, 5.74) is -0.00796. The maximum Gasteiger partial charge on any atom is 0.228 e. The van der Waals surface area contributed by atoms with Crippen molar-refractivity contribution in [3.05, 3.63) is 0 Å². The first kappa shape index (κ1) is 16.8. The number of carbonyl (C=O) groups is 1. The molecule has 1 saturated heterocycles. The minimum Gasteiger partial charge on any atom is -0.342 e. The minimum absolute atomic E-state index is 0.00796. The van der Waals surface area contributed by atoms with Gasteiger partial charge in [-0.1, -0.05) is 26.7 Å². The van der Waals surface area contributed by atoms with Crippen molar-refractivity contribution in [3.8, 4) is 0 Å². The normalized spacial score (nSPS) is 23.0. The molecule has 0 unspecified atom stereocenters. The zero-order valence-corrected chi connectivity index (χ0v) is 14.3. The van der Waals surface area contributed by atoms with Gasteiger partial charge in [0.2, 0.25) is 5.91 Å². The highest BCUT2D eigenvalue weighted by molar-refractivity contribution is 5.83. The molecule has 0 aromatic rings. The van der Waals surface area contributed by atoms with Gasteiger partial charge in [-0.15, -0.1) is 0 Å². The van der Waals surface area contributed by atoms with Gasteiger partial charge in [-0.2, -0.15) is 0 Å². The van der Waals surface area contributed by atoms with Crippen LogP contribution < -0.4 is 5.32 Å². The molecule has 3 heteroatoms. The quantitative estimate of drug-likeness (QED) is 0.814. The van der Waals surface area contributed by atoms with Gasteiger partial charge in [0.05, 0.1) is 0 Å². The van der Waals surface area contributed by atoms with Crippen LogP contribution in [0.1, 0.15) is 65.2 Å². The van der Waals surface area contributed by atoms with Crippen molar-refractivity contribution >= 4 is 5.91 Å². The third-order valence-corrected chi connectivity index (χ3v) is 5.52. The van der Waals surface area contributed by atoms with Crippen LogP contribution in [0.3, 0.4) is 0 Å². The van der Waals surface area contributed by atoms with E-state index in [2.05, 4.69) is 24.1 Å². The number of likely N-dealkylation sites (tertiary alicyclic amines) is 1. The molecule has 1 aliphatic heterocycles. The molecule has 1 amide bonds. The fraction of sp³-hybridized carbons (Fsp3) is 0.944. The molecule has 1 N–H and O–H groups in total. The molecule has 0 spiro atoms. The van der Waals surface area contributed by atoms with Gasteiger partial charge in [0, 0.05) is 18.5 Å². The first-order valence-electron chi connectivity index (χ1n) is 9.01. The summed E-state index contributed by atoms with van der Waals surface area (Å²) in [7, 11) is 2.02. The van der Waals surface area contributed by atoms with Crippen molar-refractivity contribution in [1.29, 1.82) is 0 Å². The summed E-state index contributed by atoms with van der Waals surface area (Å²) in [6.07, 6.45) is 9.50. The topological polar surface area (TPSA) is 32.3 Å². The Labute approximate surface area is 130 Å². The molecule has 3 nitrogen and oxygen atoms in total. The zero-order valence-electron chi connectivity index (χ0n) is 14.3. The molecular weight excluding hydrogens is 260 g/mol. The van der Waals surface area contributed by atoms with Crippen LogP contribution >= 0.6 is 0 Å². The van der Waals surface area contributed by atoms with E-state index in [4.69, 9.17) is 0 Å². The van der Waals surface area contributed by atoms with E-state index in [0.717, 1.165) is 44.8 Å². The van der Waals surface area contributed by atoms with E-state index in [1.54, 1.807) is 0 Å². The van der Waals surface area contributed by atoms with E-state index in [0.29, 0.717) is 11.8 Å². The molecule has 1 saturated carbocycles. The molecule has 0 aromatic carbocycles. The third-order valence-electron chi connectivity index (χ3n) is 5.52. The summed E-state index contributed by atoms with van der Waals surface area (Å²) in [6, 6.07) is 0. The highest BCUT2D eigenvalue weighted by Gasteiger charge is 2.44. The number of carbonyl (C=O) groups excluding carboxylic acids is 1. The lowest BCUT2D eigenvalue weighted by Crippen LogP contribution is -2.47. The Morgan fingerprint density at radius 1 is 1.24 bits per heavy atom. The Hall–Kier alpha value is -0.570. The Kier molecular flexibility index (Phi) is 6.09. The molecule has 0 bridgehead atoms. The molecule has 122 valence electrons. The van der Waals surface area contributed by atoms with Crippen LogP contribution in [0.2, 0.25) is 0 Å². The summed E-state index contributed by atoms with van der Waals surface area (Å²) in [6.45, 7) is 7.62. The van der Waals surface area contributed by atoms with Crippen LogP contribution in [-0.2, 0) is 4.79 Å². The molecule has 0 atom stereocenters. The van der Waals surface area contributed by atoms with Crippen LogP contribution in [0.4, 0.5) is 0 Å². The maximum atomic E-state index is 13.1. The number of amides is 1. The molecule has 0 aromatic heterocycles. The molecule has 1 aliphatic carbocycles. The summed E-state index contributed by atoms with van der Waals surface area (Å²) in [4.78, 5) is 15.3. The number of rotatable bonds is 6. The summed E-state index contributed by atoms with van der Waals surface area (Å²) < 4.78 is 0. The summed E-state index contributed by atoms with van der Waals surface area (Å²) >= 11 is 0. The molecular formula is C18H34N2O. The van der Waals surface area contributed by atoms with Crippen LogP contribution in [0.25, 0.3) is 0 Å². The molecule has 2 rings (SSSR count). The molecule has 2 fully saturated rings. The van der Waals surface area contributed by atoms with Gasteiger partial charge in [-0.25, -0.2) is 0 Å². The van der Waals surface area contributed by atoms with Crippen LogP contribution in [-0.4, -0.2) is 37.5 Å². The number of nitrogens with zero attached hydrogens (tertiary/aromatic N) is 1. The summed E-state index contributed by atoms with van der Waals surface area (Å²) in [5, 5.41) is 3.24. The van der Waals surface area contributed by atoms with Gasteiger partial charge < -0.3 is 10.2 Å². The van der Waals surface area contributed by atoms with E-state index in [1.165, 1.54) is 32.1 Å². The molecule has 2 aliphatic rings. The van der Waals surface area contributed by atoms with E-state index in [1.807, 2.05) is 7.05 Å². The lowest BCUT2D eigenvalue weighted by atomic mass is 9.76. The highest BCUT2D eigenvalue weighted by atomic mass is 16.2. The second-order valence-electron chi connectivity index (χ2n) is 7.71. The smallest absolute Gasteiger partial charge is 0.228 e. The van der Waals surface area contributed by atoms with Crippen molar-refractivity contribution in [2.24, 2.45) is 17.3 Å². The van der Waals surface area contributed by atoms with Crippen molar-refractivity contribution < 1.29 is 4.79 Å². The fourth-order valence-electron chi connectivity index (χ4n) is 4.45. The summed E-state index contributed by atoms with van der Waals surface area (Å²) in [5.74, 6) is 1.92. The first-order chi connectivity index (χ1) is 10.1. The Morgan fingerprint density at radius 3 is 2.38 bits per heavy atom. The van der Waals surface area contributed by atoms with Gasteiger partial charge in [0.15, 0.2) is 0 Å². The van der Waals surface area contributed by atoms with Crippen molar-refractivity contribution in [1.82, 2.24) is 10.2 Å². The Bertz CT molecular complexity index is 326.